The number of rotatable bonds is 3. The Morgan fingerprint density at radius 3 is 2.71 bits per heavy atom. The predicted octanol–water partition coefficient (Wildman–Crippen LogP) is 2.71. The normalized spacial score (nSPS) is 18.8. The van der Waals surface area contributed by atoms with Crippen molar-refractivity contribution in [2.45, 2.75) is 16.6 Å². The van der Waals surface area contributed by atoms with E-state index in [9.17, 15) is 13.2 Å². The van der Waals surface area contributed by atoms with E-state index in [0.29, 0.717) is 23.7 Å². The first-order chi connectivity index (χ1) is 9.81. The van der Waals surface area contributed by atoms with Gasteiger partial charge in [-0.1, -0.05) is 11.6 Å². The van der Waals surface area contributed by atoms with Crippen molar-refractivity contribution in [1.82, 2.24) is 4.90 Å². The van der Waals surface area contributed by atoms with Gasteiger partial charge in [0.05, 0.1) is 10.3 Å². The first-order valence-corrected chi connectivity index (χ1v) is 9.95. The maximum absolute atomic E-state index is 12.1. The van der Waals surface area contributed by atoms with Gasteiger partial charge in [0.15, 0.2) is 9.84 Å². The highest BCUT2D eigenvalue weighted by Gasteiger charge is 2.32. The fraction of sp³-hybridized carbons (Fsp3) is 0.462. The zero-order valence-corrected chi connectivity index (χ0v) is 14.2. The van der Waals surface area contributed by atoms with Gasteiger partial charge in [-0.25, -0.2) is 13.2 Å². The summed E-state index contributed by atoms with van der Waals surface area (Å²) in [6, 6.07) is 5.01. The number of likely N-dealkylation sites (tertiary alicyclic amines) is 1. The van der Waals surface area contributed by atoms with Crippen LogP contribution in [0.3, 0.4) is 0 Å². The molecule has 1 atom stereocenters. The molecule has 116 valence electrons. The SMILES string of the molecule is CSc1ccc(NC(=O)N2CCC(S(C)(=O)=O)C2)cc1Cl. The van der Waals surface area contributed by atoms with Crippen molar-refractivity contribution in [3.8, 4) is 0 Å². The number of sulfone groups is 1. The van der Waals surface area contributed by atoms with E-state index < -0.39 is 15.1 Å². The van der Waals surface area contributed by atoms with Crippen molar-refractivity contribution in [3.63, 3.8) is 0 Å². The molecule has 1 heterocycles. The summed E-state index contributed by atoms with van der Waals surface area (Å²) >= 11 is 7.62. The molecule has 1 N–H and O–H groups in total. The Hall–Kier alpha value is -0.920. The van der Waals surface area contributed by atoms with Crippen LogP contribution in [0.25, 0.3) is 0 Å². The van der Waals surface area contributed by atoms with Gasteiger partial charge >= 0.3 is 6.03 Å². The third kappa shape index (κ3) is 4.05. The van der Waals surface area contributed by atoms with Crippen molar-refractivity contribution in [2.75, 3.05) is 30.9 Å². The lowest BCUT2D eigenvalue weighted by molar-refractivity contribution is 0.222. The largest absolute Gasteiger partial charge is 0.323 e. The number of halogens is 1. The molecule has 0 saturated carbocycles. The summed E-state index contributed by atoms with van der Waals surface area (Å²) in [5.74, 6) is 0. The van der Waals surface area contributed by atoms with Gasteiger partial charge in [-0.15, -0.1) is 11.8 Å². The molecule has 0 aromatic heterocycles. The van der Waals surface area contributed by atoms with Gasteiger partial charge in [0.25, 0.3) is 0 Å². The van der Waals surface area contributed by atoms with Crippen molar-refractivity contribution < 1.29 is 13.2 Å². The number of carbonyl (C=O) groups is 1. The van der Waals surface area contributed by atoms with Crippen molar-refractivity contribution >= 4 is 44.9 Å². The average Bonchev–Trinajstić information content (AvgIpc) is 2.88. The Bertz CT molecular complexity index is 649. The van der Waals surface area contributed by atoms with Crippen LogP contribution < -0.4 is 5.32 Å². The zero-order valence-electron chi connectivity index (χ0n) is 11.8. The van der Waals surface area contributed by atoms with Gasteiger partial charge < -0.3 is 10.2 Å². The fourth-order valence-electron chi connectivity index (χ4n) is 2.21. The minimum absolute atomic E-state index is 0.237. The molecule has 1 aliphatic rings. The number of nitrogens with zero attached hydrogens (tertiary/aromatic N) is 1. The topological polar surface area (TPSA) is 66.5 Å². The quantitative estimate of drug-likeness (QED) is 0.853. The van der Waals surface area contributed by atoms with Crippen molar-refractivity contribution in [1.29, 1.82) is 0 Å². The van der Waals surface area contributed by atoms with E-state index in [0.717, 1.165) is 4.90 Å². The van der Waals surface area contributed by atoms with Crippen LogP contribution in [0.2, 0.25) is 5.02 Å². The Kier molecular flexibility index (Phi) is 5.06. The maximum Gasteiger partial charge on any atom is 0.321 e. The van der Waals surface area contributed by atoms with E-state index in [-0.39, 0.29) is 12.6 Å². The number of hydrogen-bond donors (Lipinski definition) is 1. The number of thioether (sulfide) groups is 1. The smallest absolute Gasteiger partial charge is 0.321 e. The second kappa shape index (κ2) is 6.46. The molecular weight excluding hydrogens is 332 g/mol. The molecule has 1 saturated heterocycles. The van der Waals surface area contributed by atoms with Gasteiger partial charge in [0.1, 0.15) is 0 Å². The molecule has 1 aromatic rings. The molecule has 5 nitrogen and oxygen atoms in total. The van der Waals surface area contributed by atoms with E-state index in [1.807, 2.05) is 12.3 Å². The van der Waals surface area contributed by atoms with Crippen molar-refractivity contribution in [3.05, 3.63) is 23.2 Å². The zero-order chi connectivity index (χ0) is 15.6. The average molecular weight is 349 g/mol. The fourth-order valence-corrected chi connectivity index (χ4v) is 4.06. The Labute approximate surface area is 134 Å². The van der Waals surface area contributed by atoms with Crippen LogP contribution in [0, 0.1) is 0 Å². The molecule has 0 spiro atoms. The first kappa shape index (κ1) is 16.5. The molecule has 1 fully saturated rings. The monoisotopic (exact) mass is 348 g/mol. The number of hydrogen-bond acceptors (Lipinski definition) is 4. The van der Waals surface area contributed by atoms with E-state index in [2.05, 4.69) is 5.32 Å². The van der Waals surface area contributed by atoms with Crippen LogP contribution >= 0.6 is 23.4 Å². The molecule has 1 unspecified atom stereocenters. The summed E-state index contributed by atoms with van der Waals surface area (Å²) in [4.78, 5) is 14.6. The lowest BCUT2D eigenvalue weighted by Gasteiger charge is -2.17. The molecule has 8 heteroatoms. The van der Waals surface area contributed by atoms with E-state index >= 15 is 0 Å². The Morgan fingerprint density at radius 2 is 2.19 bits per heavy atom. The van der Waals surface area contributed by atoms with Crippen LogP contribution in [0.15, 0.2) is 23.1 Å². The van der Waals surface area contributed by atoms with E-state index in [1.54, 1.807) is 12.1 Å². The van der Waals surface area contributed by atoms with Gasteiger partial charge in [-0.2, -0.15) is 0 Å². The lowest BCUT2D eigenvalue weighted by atomic mass is 10.3. The number of nitrogens with one attached hydrogen (secondary N) is 1. The van der Waals surface area contributed by atoms with Gasteiger partial charge in [0, 0.05) is 29.9 Å². The van der Waals surface area contributed by atoms with E-state index in [4.69, 9.17) is 11.6 Å². The summed E-state index contributed by atoms with van der Waals surface area (Å²) < 4.78 is 23.0. The Balaban J connectivity index is 2.01. The predicted molar refractivity (Wildman–Crippen MR) is 87.1 cm³/mol. The molecule has 0 bridgehead atoms. The highest BCUT2D eigenvalue weighted by Crippen LogP contribution is 2.28. The number of anilines is 1. The maximum atomic E-state index is 12.1. The molecule has 0 aliphatic carbocycles. The number of amides is 2. The summed E-state index contributed by atoms with van der Waals surface area (Å²) in [6.07, 6.45) is 3.62. The third-order valence-corrected chi connectivity index (χ3v) is 6.26. The minimum atomic E-state index is -3.10. The standard InChI is InChI=1S/C13H17ClN2O3S2/c1-20-12-4-3-9(7-11(12)14)15-13(17)16-6-5-10(8-16)21(2,18)19/h3-4,7,10H,5-6,8H2,1-2H3,(H,15,17). The molecule has 1 aromatic carbocycles. The summed E-state index contributed by atoms with van der Waals surface area (Å²) in [7, 11) is -3.10. The molecule has 2 rings (SSSR count). The van der Waals surface area contributed by atoms with Crippen LogP contribution in [-0.4, -0.2) is 50.2 Å². The van der Waals surface area contributed by atoms with Crippen LogP contribution in [0.5, 0.6) is 0 Å². The number of carbonyl (C=O) groups excluding carboxylic acids is 1. The highest BCUT2D eigenvalue weighted by molar-refractivity contribution is 7.98. The van der Waals surface area contributed by atoms with Crippen LogP contribution in [0.4, 0.5) is 10.5 Å². The van der Waals surface area contributed by atoms with Crippen LogP contribution in [-0.2, 0) is 9.84 Å². The van der Waals surface area contributed by atoms with Gasteiger partial charge in [-0.05, 0) is 30.9 Å². The molecular formula is C13H17ClN2O3S2. The summed E-state index contributed by atoms with van der Waals surface area (Å²) in [6.45, 7) is 0.682. The summed E-state index contributed by atoms with van der Waals surface area (Å²) in [5, 5.41) is 2.86. The molecule has 1 aliphatic heterocycles. The van der Waals surface area contributed by atoms with Gasteiger partial charge in [0.2, 0.25) is 0 Å². The second-order valence-corrected chi connectivity index (χ2v) is 8.55. The molecule has 0 radical (unpaired) electrons. The van der Waals surface area contributed by atoms with Crippen molar-refractivity contribution in [2.24, 2.45) is 0 Å². The van der Waals surface area contributed by atoms with Crippen LogP contribution in [0.1, 0.15) is 6.42 Å². The van der Waals surface area contributed by atoms with E-state index in [1.165, 1.54) is 22.9 Å². The molecule has 21 heavy (non-hydrogen) atoms. The minimum Gasteiger partial charge on any atom is -0.323 e. The third-order valence-electron chi connectivity index (χ3n) is 3.44. The highest BCUT2D eigenvalue weighted by atomic mass is 35.5. The number of benzene rings is 1. The second-order valence-electron chi connectivity index (χ2n) is 4.97. The number of urea groups is 1. The molecule has 2 amide bonds. The first-order valence-electron chi connectivity index (χ1n) is 6.39. The lowest BCUT2D eigenvalue weighted by Crippen LogP contribution is -2.34. The summed E-state index contributed by atoms with van der Waals surface area (Å²) in [5.41, 5.74) is 0.602. The van der Waals surface area contributed by atoms with Gasteiger partial charge in [-0.3, -0.25) is 0 Å². The Morgan fingerprint density at radius 1 is 1.48 bits per heavy atom.